The Kier molecular flexibility index (Phi) is 4.16. The first kappa shape index (κ1) is 13.5. The van der Waals surface area contributed by atoms with Crippen LogP contribution in [0.3, 0.4) is 0 Å². The Bertz CT molecular complexity index is 572. The van der Waals surface area contributed by atoms with Crippen LogP contribution >= 0.6 is 15.9 Å². The highest BCUT2D eigenvalue weighted by atomic mass is 79.9. The average Bonchev–Trinajstić information content (AvgIpc) is 2.89. The number of halogens is 1. The molecule has 0 spiro atoms. The van der Waals surface area contributed by atoms with Gasteiger partial charge in [-0.15, -0.1) is 0 Å². The molecule has 0 aliphatic rings. The Morgan fingerprint density at radius 1 is 1.58 bits per heavy atom. The van der Waals surface area contributed by atoms with E-state index in [9.17, 15) is 10.1 Å². The lowest BCUT2D eigenvalue weighted by Crippen LogP contribution is -2.23. The molecule has 0 N–H and O–H groups in total. The van der Waals surface area contributed by atoms with Crippen molar-refractivity contribution in [1.29, 1.82) is 0 Å². The van der Waals surface area contributed by atoms with Gasteiger partial charge in [-0.3, -0.25) is 10.1 Å². The largest absolute Gasteiger partial charge is 0.467 e. The highest BCUT2D eigenvalue weighted by molar-refractivity contribution is 9.10. The van der Waals surface area contributed by atoms with Crippen LogP contribution in [0.15, 0.2) is 39.5 Å². The maximum absolute atomic E-state index is 11.1. The second-order valence-electron chi connectivity index (χ2n) is 3.85. The Morgan fingerprint density at radius 2 is 2.37 bits per heavy atom. The molecule has 0 amide bonds. The van der Waals surface area contributed by atoms with Crippen molar-refractivity contribution in [2.75, 3.05) is 11.4 Å². The summed E-state index contributed by atoms with van der Waals surface area (Å²) in [6, 6.07) is 5.06. The smallest absolute Gasteiger partial charge is 0.312 e. The molecule has 0 radical (unpaired) electrons. The van der Waals surface area contributed by atoms with E-state index in [-0.39, 0.29) is 5.69 Å². The van der Waals surface area contributed by atoms with Crippen molar-refractivity contribution in [3.63, 3.8) is 0 Å². The van der Waals surface area contributed by atoms with Crippen molar-refractivity contribution in [3.8, 4) is 0 Å². The molecule has 0 aliphatic carbocycles. The van der Waals surface area contributed by atoms with E-state index in [0.29, 0.717) is 23.4 Å². The molecule has 0 unspecified atom stereocenters. The van der Waals surface area contributed by atoms with E-state index in [1.807, 2.05) is 13.0 Å². The molecule has 2 aromatic heterocycles. The van der Waals surface area contributed by atoms with Crippen LogP contribution in [0, 0.1) is 10.1 Å². The summed E-state index contributed by atoms with van der Waals surface area (Å²) in [5, 5.41) is 11.1. The van der Waals surface area contributed by atoms with Gasteiger partial charge in [-0.25, -0.2) is 4.98 Å². The molecule has 2 aromatic rings. The predicted molar refractivity (Wildman–Crippen MR) is 74.0 cm³/mol. The van der Waals surface area contributed by atoms with Crippen LogP contribution in [-0.2, 0) is 6.54 Å². The third kappa shape index (κ3) is 3.11. The average molecular weight is 326 g/mol. The maximum atomic E-state index is 11.1. The number of anilines is 1. The van der Waals surface area contributed by atoms with E-state index in [4.69, 9.17) is 4.42 Å². The molecule has 19 heavy (non-hydrogen) atoms. The lowest BCUT2D eigenvalue weighted by Gasteiger charge is -2.20. The predicted octanol–water partition coefficient (Wildman–Crippen LogP) is 3.37. The number of pyridine rings is 1. The summed E-state index contributed by atoms with van der Waals surface area (Å²) in [4.78, 5) is 16.6. The van der Waals surface area contributed by atoms with E-state index in [1.165, 1.54) is 6.07 Å². The number of rotatable bonds is 5. The maximum Gasteiger partial charge on any atom is 0.312 e. The first-order valence-electron chi connectivity index (χ1n) is 5.69. The molecular formula is C12H12BrN3O3. The summed E-state index contributed by atoms with van der Waals surface area (Å²) in [7, 11) is 0. The molecule has 7 heteroatoms. The summed E-state index contributed by atoms with van der Waals surface area (Å²) in [6.07, 6.45) is 3.12. The number of hydrogen-bond acceptors (Lipinski definition) is 5. The van der Waals surface area contributed by atoms with Crippen LogP contribution < -0.4 is 4.90 Å². The van der Waals surface area contributed by atoms with Crippen LogP contribution in [0.1, 0.15) is 12.7 Å². The molecule has 100 valence electrons. The topological polar surface area (TPSA) is 72.4 Å². The van der Waals surface area contributed by atoms with Crippen molar-refractivity contribution in [2.45, 2.75) is 13.5 Å². The van der Waals surface area contributed by atoms with Crippen LogP contribution in [0.4, 0.5) is 11.5 Å². The van der Waals surface area contributed by atoms with Crippen LogP contribution in [-0.4, -0.2) is 16.5 Å². The van der Waals surface area contributed by atoms with Gasteiger partial charge in [0.25, 0.3) is 0 Å². The third-order valence-electron chi connectivity index (χ3n) is 2.62. The van der Waals surface area contributed by atoms with Crippen molar-refractivity contribution in [2.24, 2.45) is 0 Å². The fraction of sp³-hybridized carbons (Fsp3) is 0.250. The normalized spacial score (nSPS) is 10.4. The summed E-state index contributed by atoms with van der Waals surface area (Å²) in [5.74, 6) is 1.08. The van der Waals surface area contributed by atoms with Gasteiger partial charge >= 0.3 is 5.69 Å². The summed E-state index contributed by atoms with van der Waals surface area (Å²) in [6.45, 7) is 2.95. The van der Waals surface area contributed by atoms with Crippen LogP contribution in [0.5, 0.6) is 0 Å². The minimum Gasteiger partial charge on any atom is -0.467 e. The summed E-state index contributed by atoms with van der Waals surface area (Å²) >= 11 is 3.19. The van der Waals surface area contributed by atoms with Gasteiger partial charge in [0.15, 0.2) is 0 Å². The van der Waals surface area contributed by atoms with Gasteiger partial charge in [-0.1, -0.05) is 0 Å². The monoisotopic (exact) mass is 325 g/mol. The zero-order chi connectivity index (χ0) is 13.8. The molecule has 0 saturated carbocycles. The van der Waals surface area contributed by atoms with Gasteiger partial charge in [0, 0.05) is 23.3 Å². The lowest BCUT2D eigenvalue weighted by atomic mass is 10.3. The molecular weight excluding hydrogens is 314 g/mol. The second-order valence-corrected chi connectivity index (χ2v) is 4.76. The van der Waals surface area contributed by atoms with Crippen LogP contribution in [0.25, 0.3) is 0 Å². The van der Waals surface area contributed by atoms with Gasteiger partial charge in [-0.05, 0) is 35.0 Å². The van der Waals surface area contributed by atoms with E-state index in [0.717, 1.165) is 5.76 Å². The van der Waals surface area contributed by atoms with Crippen LogP contribution in [0.2, 0.25) is 0 Å². The highest BCUT2D eigenvalue weighted by Gasteiger charge is 2.21. The summed E-state index contributed by atoms with van der Waals surface area (Å²) < 4.78 is 5.84. The van der Waals surface area contributed by atoms with Crippen molar-refractivity contribution in [1.82, 2.24) is 4.98 Å². The Balaban J connectivity index is 2.35. The molecule has 2 rings (SSSR count). The second kappa shape index (κ2) is 5.83. The minimum atomic E-state index is -0.433. The van der Waals surface area contributed by atoms with Gasteiger partial charge < -0.3 is 9.32 Å². The molecule has 6 nitrogen and oxygen atoms in total. The van der Waals surface area contributed by atoms with E-state index in [1.54, 1.807) is 23.4 Å². The lowest BCUT2D eigenvalue weighted by molar-refractivity contribution is -0.384. The number of nitrogens with zero attached hydrogens (tertiary/aromatic N) is 3. The zero-order valence-corrected chi connectivity index (χ0v) is 11.8. The zero-order valence-electron chi connectivity index (χ0n) is 10.2. The summed E-state index contributed by atoms with van der Waals surface area (Å²) in [5.41, 5.74) is -0.0252. The van der Waals surface area contributed by atoms with Crippen molar-refractivity contribution >= 4 is 27.4 Å². The molecule has 0 aliphatic heterocycles. The van der Waals surface area contributed by atoms with Crippen molar-refractivity contribution < 1.29 is 9.34 Å². The van der Waals surface area contributed by atoms with Gasteiger partial charge in [0.2, 0.25) is 5.82 Å². The fourth-order valence-corrected chi connectivity index (χ4v) is 2.05. The molecule has 0 fully saturated rings. The molecule has 0 aromatic carbocycles. The number of hydrogen-bond donors (Lipinski definition) is 0. The highest BCUT2D eigenvalue weighted by Crippen LogP contribution is 2.29. The standard InChI is InChI=1S/C12H12BrN3O3/c1-2-15(8-10-4-3-5-19-10)12-11(16(17)18)6-9(13)7-14-12/h3-7H,2,8H2,1H3. The first-order valence-corrected chi connectivity index (χ1v) is 6.48. The molecule has 0 bridgehead atoms. The van der Waals surface area contributed by atoms with Crippen molar-refractivity contribution in [3.05, 3.63) is 51.0 Å². The number of aromatic nitrogens is 1. The Labute approximate surface area is 118 Å². The number of nitro groups is 1. The molecule has 0 atom stereocenters. The SMILES string of the molecule is CCN(Cc1ccco1)c1ncc(Br)cc1[N+](=O)[O-]. The third-order valence-corrected chi connectivity index (χ3v) is 3.05. The van der Waals surface area contributed by atoms with E-state index < -0.39 is 4.92 Å². The Hall–Kier alpha value is -1.89. The quantitative estimate of drug-likeness (QED) is 0.622. The van der Waals surface area contributed by atoms with E-state index in [2.05, 4.69) is 20.9 Å². The number of furan rings is 1. The molecule has 0 saturated heterocycles. The fourth-order valence-electron chi connectivity index (χ4n) is 1.73. The van der Waals surface area contributed by atoms with Gasteiger partial charge in [0.05, 0.1) is 17.7 Å². The molecule has 2 heterocycles. The van der Waals surface area contributed by atoms with Gasteiger partial charge in [-0.2, -0.15) is 0 Å². The van der Waals surface area contributed by atoms with E-state index >= 15 is 0 Å². The Morgan fingerprint density at radius 3 is 2.95 bits per heavy atom. The first-order chi connectivity index (χ1) is 9.11. The van der Waals surface area contributed by atoms with Gasteiger partial charge in [0.1, 0.15) is 5.76 Å². The minimum absolute atomic E-state index is 0.0252.